The minimum Gasteiger partial charge on any atom is -0.352 e. The van der Waals surface area contributed by atoms with Gasteiger partial charge in [0.25, 0.3) is 0 Å². The molecule has 122 valence electrons. The van der Waals surface area contributed by atoms with Crippen LogP contribution in [0, 0.1) is 0 Å². The van der Waals surface area contributed by atoms with Crippen molar-refractivity contribution in [1.82, 2.24) is 10.3 Å². The smallest absolute Gasteiger partial charge is 0.233 e. The fourth-order valence-electron chi connectivity index (χ4n) is 3.09. The molecule has 1 unspecified atom stereocenters. The van der Waals surface area contributed by atoms with Crippen molar-refractivity contribution in [3.05, 3.63) is 36.4 Å². The Bertz CT molecular complexity index is 665. The summed E-state index contributed by atoms with van der Waals surface area (Å²) < 4.78 is 0. The molecule has 1 aliphatic rings. The summed E-state index contributed by atoms with van der Waals surface area (Å²) in [5.41, 5.74) is 0.980. The zero-order chi connectivity index (χ0) is 16.1. The van der Waals surface area contributed by atoms with Gasteiger partial charge in [0.2, 0.25) is 5.91 Å². The summed E-state index contributed by atoms with van der Waals surface area (Å²) >= 11 is 1.54. The quantitative estimate of drug-likeness (QED) is 0.661. The number of aromatic nitrogens is 1. The average Bonchev–Trinajstić information content (AvgIpc) is 2.83. The van der Waals surface area contributed by atoms with Crippen LogP contribution in [0.25, 0.3) is 10.9 Å². The van der Waals surface area contributed by atoms with Gasteiger partial charge in [-0.1, -0.05) is 61.7 Å². The Kier molecular flexibility index (Phi) is 5.55. The highest BCUT2D eigenvalue weighted by Crippen LogP contribution is 2.25. The molecule has 23 heavy (non-hydrogen) atoms. The molecule has 1 aliphatic carbocycles. The minimum atomic E-state index is -0.119. The molecule has 3 nitrogen and oxygen atoms in total. The van der Waals surface area contributed by atoms with Crippen molar-refractivity contribution in [2.75, 3.05) is 0 Å². The number of amides is 1. The number of nitrogens with zero attached hydrogens (tertiary/aromatic N) is 1. The van der Waals surface area contributed by atoms with Gasteiger partial charge in [-0.15, -0.1) is 0 Å². The van der Waals surface area contributed by atoms with Crippen molar-refractivity contribution in [1.29, 1.82) is 0 Å². The van der Waals surface area contributed by atoms with Crippen molar-refractivity contribution in [2.45, 2.75) is 61.8 Å². The van der Waals surface area contributed by atoms with Crippen molar-refractivity contribution < 1.29 is 4.79 Å². The Labute approximate surface area is 142 Å². The number of carbonyl (C=O) groups is 1. The summed E-state index contributed by atoms with van der Waals surface area (Å²) in [5.74, 6) is 0.136. The van der Waals surface area contributed by atoms with E-state index in [1.54, 1.807) is 0 Å². The molecule has 1 aromatic carbocycles. The molecule has 1 aromatic heterocycles. The second-order valence-electron chi connectivity index (χ2n) is 6.30. The highest BCUT2D eigenvalue weighted by atomic mass is 32.2. The minimum absolute atomic E-state index is 0.119. The summed E-state index contributed by atoms with van der Waals surface area (Å²) in [7, 11) is 0. The number of fused-ring (bicyclic) bond motifs is 1. The monoisotopic (exact) mass is 328 g/mol. The predicted octanol–water partition coefficient (Wildman–Crippen LogP) is 4.55. The zero-order valence-corrected chi connectivity index (χ0v) is 14.4. The number of para-hydroxylation sites is 1. The fraction of sp³-hybridized carbons (Fsp3) is 0.474. The lowest BCUT2D eigenvalue weighted by Crippen LogP contribution is -2.39. The second kappa shape index (κ2) is 7.82. The molecular formula is C19H24N2OS. The Morgan fingerprint density at radius 2 is 1.87 bits per heavy atom. The topological polar surface area (TPSA) is 42.0 Å². The molecule has 1 heterocycles. The van der Waals surface area contributed by atoms with Gasteiger partial charge in [0.1, 0.15) is 0 Å². The molecule has 1 fully saturated rings. The van der Waals surface area contributed by atoms with Crippen molar-refractivity contribution in [3.8, 4) is 0 Å². The molecule has 1 atom stereocenters. The molecule has 0 aliphatic heterocycles. The van der Waals surface area contributed by atoms with Crippen LogP contribution in [0.15, 0.2) is 41.4 Å². The molecule has 1 N–H and O–H groups in total. The Morgan fingerprint density at radius 1 is 1.13 bits per heavy atom. The van der Waals surface area contributed by atoms with E-state index < -0.39 is 0 Å². The first-order valence-electron chi connectivity index (χ1n) is 8.55. The van der Waals surface area contributed by atoms with E-state index in [1.807, 2.05) is 31.2 Å². The maximum absolute atomic E-state index is 12.4. The van der Waals surface area contributed by atoms with E-state index in [0.29, 0.717) is 6.04 Å². The van der Waals surface area contributed by atoms with Crippen LogP contribution >= 0.6 is 11.8 Å². The van der Waals surface area contributed by atoms with Crippen LogP contribution in [0.2, 0.25) is 0 Å². The number of benzene rings is 1. The van der Waals surface area contributed by atoms with Gasteiger partial charge in [0.05, 0.1) is 15.8 Å². The van der Waals surface area contributed by atoms with E-state index in [0.717, 1.165) is 28.8 Å². The van der Waals surface area contributed by atoms with Crippen LogP contribution in [0.3, 0.4) is 0 Å². The third kappa shape index (κ3) is 4.47. The summed E-state index contributed by atoms with van der Waals surface area (Å²) in [5, 5.41) is 5.15. The molecule has 3 rings (SSSR count). The SMILES string of the molecule is CC(Sc1ccc2ccccc2n1)C(=O)NC1CCCCCC1. The van der Waals surface area contributed by atoms with Crippen LogP contribution in [-0.4, -0.2) is 22.2 Å². The van der Waals surface area contributed by atoms with Gasteiger partial charge in [-0.05, 0) is 31.9 Å². The predicted molar refractivity (Wildman–Crippen MR) is 96.7 cm³/mol. The van der Waals surface area contributed by atoms with E-state index in [4.69, 9.17) is 0 Å². The number of hydrogen-bond donors (Lipinski definition) is 1. The van der Waals surface area contributed by atoms with Gasteiger partial charge in [0, 0.05) is 11.4 Å². The maximum atomic E-state index is 12.4. The lowest BCUT2D eigenvalue weighted by molar-refractivity contribution is -0.121. The van der Waals surface area contributed by atoms with Gasteiger partial charge >= 0.3 is 0 Å². The van der Waals surface area contributed by atoms with Crippen molar-refractivity contribution >= 4 is 28.6 Å². The normalized spacial score (nSPS) is 17.6. The summed E-state index contributed by atoms with van der Waals surface area (Å²) in [6.07, 6.45) is 7.32. The van der Waals surface area contributed by atoms with E-state index in [9.17, 15) is 4.79 Å². The standard InChI is InChI=1S/C19H24N2OS/c1-14(19(22)20-16-9-4-2-3-5-10-16)23-18-13-12-15-8-6-7-11-17(15)21-18/h6-8,11-14,16H,2-5,9-10H2,1H3,(H,20,22). The van der Waals surface area contributed by atoms with Gasteiger partial charge in [-0.3, -0.25) is 4.79 Å². The number of pyridine rings is 1. The lowest BCUT2D eigenvalue weighted by atomic mass is 10.1. The Balaban J connectivity index is 1.60. The van der Waals surface area contributed by atoms with Gasteiger partial charge in [0.15, 0.2) is 0 Å². The van der Waals surface area contributed by atoms with E-state index >= 15 is 0 Å². The third-order valence-corrected chi connectivity index (χ3v) is 5.48. The van der Waals surface area contributed by atoms with Crippen LogP contribution in [0.5, 0.6) is 0 Å². The Hall–Kier alpha value is -1.55. The van der Waals surface area contributed by atoms with Gasteiger partial charge < -0.3 is 5.32 Å². The van der Waals surface area contributed by atoms with Gasteiger partial charge in [-0.25, -0.2) is 4.98 Å². The molecule has 0 radical (unpaired) electrons. The highest BCUT2D eigenvalue weighted by Gasteiger charge is 2.20. The van der Waals surface area contributed by atoms with Crippen molar-refractivity contribution in [2.24, 2.45) is 0 Å². The molecule has 1 amide bonds. The van der Waals surface area contributed by atoms with E-state index in [-0.39, 0.29) is 11.2 Å². The first kappa shape index (κ1) is 16.3. The van der Waals surface area contributed by atoms with Crippen LogP contribution < -0.4 is 5.32 Å². The number of rotatable bonds is 4. The van der Waals surface area contributed by atoms with E-state index in [2.05, 4.69) is 22.4 Å². The average molecular weight is 328 g/mol. The van der Waals surface area contributed by atoms with Gasteiger partial charge in [-0.2, -0.15) is 0 Å². The molecule has 1 saturated carbocycles. The van der Waals surface area contributed by atoms with Crippen molar-refractivity contribution in [3.63, 3.8) is 0 Å². The fourth-order valence-corrected chi connectivity index (χ4v) is 3.92. The molecule has 2 aromatic rings. The first-order valence-corrected chi connectivity index (χ1v) is 9.43. The third-order valence-electron chi connectivity index (χ3n) is 4.44. The maximum Gasteiger partial charge on any atom is 0.233 e. The lowest BCUT2D eigenvalue weighted by Gasteiger charge is -2.19. The summed E-state index contributed by atoms with van der Waals surface area (Å²) in [6.45, 7) is 1.97. The molecule has 0 saturated heterocycles. The number of nitrogens with one attached hydrogen (secondary N) is 1. The Morgan fingerprint density at radius 3 is 2.65 bits per heavy atom. The van der Waals surface area contributed by atoms with Crippen LogP contribution in [0.4, 0.5) is 0 Å². The number of carbonyl (C=O) groups excluding carboxylic acids is 1. The largest absolute Gasteiger partial charge is 0.352 e. The van der Waals surface area contributed by atoms with Crippen LogP contribution in [0.1, 0.15) is 45.4 Å². The number of hydrogen-bond acceptors (Lipinski definition) is 3. The summed E-state index contributed by atoms with van der Waals surface area (Å²) in [6, 6.07) is 12.5. The van der Waals surface area contributed by atoms with E-state index in [1.165, 1.54) is 37.4 Å². The first-order chi connectivity index (χ1) is 11.2. The molecular weight excluding hydrogens is 304 g/mol. The second-order valence-corrected chi connectivity index (χ2v) is 7.66. The number of thioether (sulfide) groups is 1. The summed E-state index contributed by atoms with van der Waals surface area (Å²) in [4.78, 5) is 17.1. The zero-order valence-electron chi connectivity index (χ0n) is 13.6. The molecule has 0 bridgehead atoms. The molecule has 4 heteroatoms. The molecule has 0 spiro atoms. The highest BCUT2D eigenvalue weighted by molar-refractivity contribution is 8.00. The van der Waals surface area contributed by atoms with Crippen LogP contribution in [-0.2, 0) is 4.79 Å².